The third kappa shape index (κ3) is 3.87. The number of likely N-dealkylation sites (N-methyl/N-ethyl adjacent to an activating group) is 2. The second kappa shape index (κ2) is 7.50. The fourth-order valence-electron chi connectivity index (χ4n) is 2.77. The Bertz CT molecular complexity index is 418. The Morgan fingerprint density at radius 3 is 2.35 bits per heavy atom. The van der Waals surface area contributed by atoms with Crippen molar-refractivity contribution in [3.63, 3.8) is 0 Å². The van der Waals surface area contributed by atoms with Gasteiger partial charge in [0.05, 0.1) is 7.11 Å². The Hall–Kier alpha value is -1.26. The van der Waals surface area contributed by atoms with Crippen LogP contribution in [0.5, 0.6) is 5.75 Å². The van der Waals surface area contributed by atoms with E-state index < -0.39 is 0 Å². The third-order valence-electron chi connectivity index (χ3n) is 3.53. The van der Waals surface area contributed by atoms with E-state index in [0.29, 0.717) is 6.04 Å². The van der Waals surface area contributed by atoms with E-state index in [1.165, 1.54) is 5.69 Å². The molecular formula is C16H29N3O. The number of benzene rings is 1. The standard InChI is InChI=1S/C16H29N3O/c1-7-19(12(2)11-18(4)5)14-9-8-10-15(20-6)16(14)13(3)17/h8-10,12-13H,7,11,17H2,1-6H3/t12?,13-/m0/s1. The van der Waals surface area contributed by atoms with Gasteiger partial charge in [0, 0.05) is 36.4 Å². The molecule has 0 fully saturated rings. The smallest absolute Gasteiger partial charge is 0.125 e. The van der Waals surface area contributed by atoms with Gasteiger partial charge in [-0.05, 0) is 47.0 Å². The number of rotatable bonds is 7. The second-order valence-corrected chi connectivity index (χ2v) is 5.58. The van der Waals surface area contributed by atoms with Crippen molar-refractivity contribution in [1.29, 1.82) is 0 Å². The Balaban J connectivity index is 3.21. The van der Waals surface area contributed by atoms with E-state index in [-0.39, 0.29) is 6.04 Å². The Morgan fingerprint density at radius 2 is 1.90 bits per heavy atom. The van der Waals surface area contributed by atoms with Gasteiger partial charge in [0.15, 0.2) is 0 Å². The van der Waals surface area contributed by atoms with Crippen molar-refractivity contribution in [3.8, 4) is 5.75 Å². The lowest BCUT2D eigenvalue weighted by Crippen LogP contribution is -2.40. The Labute approximate surface area is 123 Å². The van der Waals surface area contributed by atoms with E-state index in [4.69, 9.17) is 10.5 Å². The van der Waals surface area contributed by atoms with Gasteiger partial charge in [-0.2, -0.15) is 0 Å². The minimum absolute atomic E-state index is 0.0539. The molecule has 0 saturated carbocycles. The second-order valence-electron chi connectivity index (χ2n) is 5.58. The van der Waals surface area contributed by atoms with Crippen LogP contribution in [0.4, 0.5) is 5.69 Å². The molecule has 1 aromatic rings. The fraction of sp³-hybridized carbons (Fsp3) is 0.625. The molecule has 2 N–H and O–H groups in total. The number of nitrogens with zero attached hydrogens (tertiary/aromatic N) is 2. The van der Waals surface area contributed by atoms with E-state index in [0.717, 1.165) is 24.4 Å². The summed E-state index contributed by atoms with van der Waals surface area (Å²) in [6.07, 6.45) is 0. The highest BCUT2D eigenvalue weighted by Gasteiger charge is 2.21. The summed E-state index contributed by atoms with van der Waals surface area (Å²) in [5, 5.41) is 0. The van der Waals surface area contributed by atoms with E-state index in [1.54, 1.807) is 7.11 Å². The Morgan fingerprint density at radius 1 is 1.25 bits per heavy atom. The molecule has 114 valence electrons. The molecule has 4 nitrogen and oxygen atoms in total. The lowest BCUT2D eigenvalue weighted by Gasteiger charge is -2.34. The van der Waals surface area contributed by atoms with Gasteiger partial charge in [0.1, 0.15) is 5.75 Å². The molecule has 4 heteroatoms. The molecule has 0 aliphatic rings. The topological polar surface area (TPSA) is 41.7 Å². The summed E-state index contributed by atoms with van der Waals surface area (Å²) >= 11 is 0. The van der Waals surface area contributed by atoms with Crippen molar-refractivity contribution in [1.82, 2.24) is 4.90 Å². The summed E-state index contributed by atoms with van der Waals surface area (Å²) in [6, 6.07) is 6.51. The molecule has 1 aromatic carbocycles. The first kappa shape index (κ1) is 16.8. The summed E-state index contributed by atoms with van der Waals surface area (Å²) in [5.74, 6) is 0.869. The minimum Gasteiger partial charge on any atom is -0.496 e. The van der Waals surface area contributed by atoms with Gasteiger partial charge in [-0.1, -0.05) is 6.07 Å². The first-order valence-electron chi connectivity index (χ1n) is 7.26. The zero-order valence-electron chi connectivity index (χ0n) is 13.7. The summed E-state index contributed by atoms with van der Waals surface area (Å²) in [5.41, 5.74) is 8.43. The Kier molecular flexibility index (Phi) is 6.30. The highest BCUT2D eigenvalue weighted by Crippen LogP contribution is 2.34. The molecular weight excluding hydrogens is 250 g/mol. The number of nitrogens with two attached hydrogens (primary N) is 1. The van der Waals surface area contributed by atoms with Crippen LogP contribution in [0.15, 0.2) is 18.2 Å². The molecule has 2 atom stereocenters. The quantitative estimate of drug-likeness (QED) is 0.832. The fourth-order valence-corrected chi connectivity index (χ4v) is 2.77. The van der Waals surface area contributed by atoms with Gasteiger partial charge in [0.2, 0.25) is 0 Å². The minimum atomic E-state index is -0.0539. The molecule has 0 spiro atoms. The van der Waals surface area contributed by atoms with Crippen molar-refractivity contribution in [3.05, 3.63) is 23.8 Å². The first-order valence-corrected chi connectivity index (χ1v) is 7.26. The molecule has 0 aliphatic carbocycles. The van der Waals surface area contributed by atoms with Crippen LogP contribution in [0, 0.1) is 0 Å². The monoisotopic (exact) mass is 279 g/mol. The van der Waals surface area contributed by atoms with E-state index in [9.17, 15) is 0 Å². The molecule has 20 heavy (non-hydrogen) atoms. The zero-order chi connectivity index (χ0) is 15.3. The molecule has 1 rings (SSSR count). The van der Waals surface area contributed by atoms with Gasteiger partial charge in [0.25, 0.3) is 0 Å². The summed E-state index contributed by atoms with van der Waals surface area (Å²) in [7, 11) is 5.90. The largest absolute Gasteiger partial charge is 0.496 e. The van der Waals surface area contributed by atoms with Gasteiger partial charge in [-0.15, -0.1) is 0 Å². The van der Waals surface area contributed by atoms with E-state index >= 15 is 0 Å². The highest BCUT2D eigenvalue weighted by atomic mass is 16.5. The van der Waals surface area contributed by atoms with Crippen LogP contribution in [-0.4, -0.2) is 45.2 Å². The van der Waals surface area contributed by atoms with Crippen molar-refractivity contribution < 1.29 is 4.74 Å². The maximum atomic E-state index is 6.17. The third-order valence-corrected chi connectivity index (χ3v) is 3.53. The maximum absolute atomic E-state index is 6.17. The molecule has 0 amide bonds. The van der Waals surface area contributed by atoms with Crippen molar-refractivity contribution in [2.75, 3.05) is 39.2 Å². The number of anilines is 1. The van der Waals surface area contributed by atoms with Crippen LogP contribution in [0.2, 0.25) is 0 Å². The number of methoxy groups -OCH3 is 1. The summed E-state index contributed by atoms with van der Waals surface area (Å²) < 4.78 is 5.49. The van der Waals surface area contributed by atoms with E-state index in [1.807, 2.05) is 19.1 Å². The predicted molar refractivity (Wildman–Crippen MR) is 86.6 cm³/mol. The van der Waals surface area contributed by atoms with E-state index in [2.05, 4.69) is 43.8 Å². The summed E-state index contributed by atoms with van der Waals surface area (Å²) in [4.78, 5) is 4.60. The average molecular weight is 279 g/mol. The van der Waals surface area contributed by atoms with Crippen LogP contribution in [-0.2, 0) is 0 Å². The molecule has 1 unspecified atom stereocenters. The molecule has 0 saturated heterocycles. The summed E-state index contributed by atoms with van der Waals surface area (Å²) in [6.45, 7) is 8.38. The zero-order valence-corrected chi connectivity index (χ0v) is 13.7. The van der Waals surface area contributed by atoms with Crippen molar-refractivity contribution in [2.45, 2.75) is 32.9 Å². The normalized spacial score (nSPS) is 14.2. The van der Waals surface area contributed by atoms with Gasteiger partial charge in [-0.25, -0.2) is 0 Å². The highest BCUT2D eigenvalue weighted by molar-refractivity contribution is 5.61. The lowest BCUT2D eigenvalue weighted by atomic mass is 10.0. The maximum Gasteiger partial charge on any atom is 0.125 e. The molecule has 0 bridgehead atoms. The van der Waals surface area contributed by atoms with Crippen molar-refractivity contribution >= 4 is 5.69 Å². The van der Waals surface area contributed by atoms with Crippen LogP contribution >= 0.6 is 0 Å². The van der Waals surface area contributed by atoms with Crippen LogP contribution in [0.1, 0.15) is 32.4 Å². The van der Waals surface area contributed by atoms with Gasteiger partial charge < -0.3 is 20.3 Å². The SMILES string of the molecule is CCN(c1cccc(OC)c1[C@H](C)N)C(C)CN(C)C. The molecule has 0 aliphatic heterocycles. The average Bonchev–Trinajstić information content (AvgIpc) is 2.37. The number of hydrogen-bond donors (Lipinski definition) is 1. The first-order chi connectivity index (χ1) is 9.42. The van der Waals surface area contributed by atoms with Gasteiger partial charge in [-0.3, -0.25) is 0 Å². The van der Waals surface area contributed by atoms with Crippen molar-refractivity contribution in [2.24, 2.45) is 5.73 Å². The molecule has 0 radical (unpaired) electrons. The van der Waals surface area contributed by atoms with Gasteiger partial charge >= 0.3 is 0 Å². The number of ether oxygens (including phenoxy) is 1. The molecule has 0 aromatic heterocycles. The number of hydrogen-bond acceptors (Lipinski definition) is 4. The van der Waals surface area contributed by atoms with Crippen LogP contribution in [0.3, 0.4) is 0 Å². The van der Waals surface area contributed by atoms with Crippen LogP contribution < -0.4 is 15.4 Å². The predicted octanol–water partition coefficient (Wildman–Crippen LogP) is 2.49. The lowest BCUT2D eigenvalue weighted by molar-refractivity contribution is 0.371. The molecule has 0 heterocycles. The van der Waals surface area contributed by atoms with Crippen LogP contribution in [0.25, 0.3) is 0 Å².